The average Bonchev–Trinajstić information content (AvgIpc) is 2.52. The van der Waals surface area contributed by atoms with Gasteiger partial charge in [-0.3, -0.25) is 4.79 Å². The summed E-state index contributed by atoms with van der Waals surface area (Å²) in [5, 5.41) is 11.8. The first-order valence-corrected chi connectivity index (χ1v) is 7.69. The van der Waals surface area contributed by atoms with Crippen LogP contribution in [-0.4, -0.2) is 24.2 Å². The Morgan fingerprint density at radius 1 is 1.33 bits per heavy atom. The molecule has 1 aromatic carbocycles. The molecule has 2 N–H and O–H groups in total. The second kappa shape index (κ2) is 7.85. The largest absolute Gasteiger partial charge is 0.384 e. The van der Waals surface area contributed by atoms with Crippen LogP contribution in [0, 0.1) is 23.7 Å². The standard InChI is InChI=1S/C18H23NO2/c1-14-7-2-3-9-16(14)13-19-18(21)17-11-5-4-8-15(17)10-6-12-20/h4-5,8,11,14,16,20H,2-3,7,9,12-13H2,1H3,(H,19,21). The predicted octanol–water partition coefficient (Wildman–Crippen LogP) is 2.59. The molecule has 1 amide bonds. The molecule has 0 aromatic heterocycles. The van der Waals surface area contributed by atoms with Gasteiger partial charge < -0.3 is 10.4 Å². The molecule has 1 fully saturated rings. The molecule has 0 aliphatic heterocycles. The molecule has 112 valence electrons. The molecular formula is C18H23NO2. The lowest BCUT2D eigenvalue weighted by atomic mass is 9.80. The zero-order valence-corrected chi connectivity index (χ0v) is 12.6. The topological polar surface area (TPSA) is 49.3 Å². The number of carbonyl (C=O) groups is 1. The number of benzene rings is 1. The normalized spacial score (nSPS) is 21.2. The lowest BCUT2D eigenvalue weighted by molar-refractivity contribution is 0.0936. The summed E-state index contributed by atoms with van der Waals surface area (Å²) in [5.41, 5.74) is 1.25. The summed E-state index contributed by atoms with van der Waals surface area (Å²) in [4.78, 5) is 12.3. The zero-order valence-electron chi connectivity index (χ0n) is 12.6. The van der Waals surface area contributed by atoms with Crippen molar-refractivity contribution in [3.63, 3.8) is 0 Å². The maximum atomic E-state index is 12.3. The molecular weight excluding hydrogens is 262 g/mol. The first kappa shape index (κ1) is 15.6. The number of hydrogen-bond acceptors (Lipinski definition) is 2. The van der Waals surface area contributed by atoms with Crippen molar-refractivity contribution < 1.29 is 9.90 Å². The van der Waals surface area contributed by atoms with Gasteiger partial charge in [-0.05, 0) is 30.4 Å². The van der Waals surface area contributed by atoms with Gasteiger partial charge >= 0.3 is 0 Å². The minimum absolute atomic E-state index is 0.0735. The Kier molecular flexibility index (Phi) is 5.83. The molecule has 21 heavy (non-hydrogen) atoms. The van der Waals surface area contributed by atoms with Crippen molar-refractivity contribution >= 4 is 5.91 Å². The van der Waals surface area contributed by atoms with Crippen molar-refractivity contribution in [2.24, 2.45) is 11.8 Å². The van der Waals surface area contributed by atoms with E-state index in [1.165, 1.54) is 25.7 Å². The van der Waals surface area contributed by atoms with Crippen LogP contribution in [0.1, 0.15) is 48.5 Å². The Balaban J connectivity index is 2.00. The minimum atomic E-state index is -0.199. The molecule has 0 saturated heterocycles. The molecule has 3 heteroatoms. The molecule has 0 bridgehead atoms. The van der Waals surface area contributed by atoms with Gasteiger partial charge in [0, 0.05) is 12.1 Å². The van der Waals surface area contributed by atoms with Crippen molar-refractivity contribution in [2.75, 3.05) is 13.2 Å². The van der Waals surface area contributed by atoms with Crippen molar-refractivity contribution in [1.29, 1.82) is 0 Å². The number of aliphatic hydroxyl groups is 1. The van der Waals surface area contributed by atoms with Crippen LogP contribution in [0.15, 0.2) is 24.3 Å². The van der Waals surface area contributed by atoms with Crippen LogP contribution < -0.4 is 5.32 Å². The predicted molar refractivity (Wildman–Crippen MR) is 83.9 cm³/mol. The third kappa shape index (κ3) is 4.34. The highest BCUT2D eigenvalue weighted by Gasteiger charge is 2.22. The van der Waals surface area contributed by atoms with Gasteiger partial charge in [0.15, 0.2) is 0 Å². The van der Waals surface area contributed by atoms with Gasteiger partial charge in [-0.1, -0.05) is 50.2 Å². The molecule has 2 rings (SSSR count). The Morgan fingerprint density at radius 3 is 2.86 bits per heavy atom. The summed E-state index contributed by atoms with van der Waals surface area (Å²) in [5.74, 6) is 6.62. The number of carbonyl (C=O) groups excluding carboxylic acids is 1. The van der Waals surface area contributed by atoms with E-state index in [0.29, 0.717) is 23.0 Å². The zero-order chi connectivity index (χ0) is 15.1. The van der Waals surface area contributed by atoms with E-state index < -0.39 is 0 Å². The van der Waals surface area contributed by atoms with E-state index in [1.807, 2.05) is 12.1 Å². The van der Waals surface area contributed by atoms with Crippen LogP contribution in [0.4, 0.5) is 0 Å². The van der Waals surface area contributed by atoms with Crippen LogP contribution in [-0.2, 0) is 0 Å². The maximum Gasteiger partial charge on any atom is 0.252 e. The summed E-state index contributed by atoms with van der Waals surface area (Å²) in [6.45, 7) is 2.81. The van der Waals surface area contributed by atoms with E-state index in [4.69, 9.17) is 5.11 Å². The lowest BCUT2D eigenvalue weighted by Crippen LogP contribution is -2.33. The van der Waals surface area contributed by atoms with Gasteiger partial charge in [-0.2, -0.15) is 0 Å². The van der Waals surface area contributed by atoms with E-state index >= 15 is 0 Å². The van der Waals surface area contributed by atoms with Crippen LogP contribution in [0.25, 0.3) is 0 Å². The third-order valence-electron chi connectivity index (χ3n) is 4.29. The van der Waals surface area contributed by atoms with E-state index in [2.05, 4.69) is 24.1 Å². The Hall–Kier alpha value is -1.79. The van der Waals surface area contributed by atoms with Gasteiger partial charge in [-0.25, -0.2) is 0 Å². The van der Waals surface area contributed by atoms with Crippen molar-refractivity contribution in [3.8, 4) is 11.8 Å². The van der Waals surface area contributed by atoms with Crippen LogP contribution >= 0.6 is 0 Å². The molecule has 3 nitrogen and oxygen atoms in total. The Bertz CT molecular complexity index is 542. The summed E-state index contributed by atoms with van der Waals surface area (Å²) in [6.07, 6.45) is 5.04. The van der Waals surface area contributed by atoms with Gasteiger partial charge in [0.1, 0.15) is 6.61 Å². The molecule has 1 aliphatic carbocycles. The second-order valence-corrected chi connectivity index (χ2v) is 5.74. The fraction of sp³-hybridized carbons (Fsp3) is 0.500. The van der Waals surface area contributed by atoms with Crippen LogP contribution in [0.3, 0.4) is 0 Å². The van der Waals surface area contributed by atoms with E-state index in [0.717, 1.165) is 6.54 Å². The molecule has 0 heterocycles. The summed E-state index contributed by atoms with van der Waals surface area (Å²) in [7, 11) is 0. The quantitative estimate of drug-likeness (QED) is 0.839. The molecule has 1 aromatic rings. The van der Waals surface area contributed by atoms with Crippen molar-refractivity contribution in [2.45, 2.75) is 32.6 Å². The summed E-state index contributed by atoms with van der Waals surface area (Å²) < 4.78 is 0. The lowest BCUT2D eigenvalue weighted by Gasteiger charge is -2.28. The summed E-state index contributed by atoms with van der Waals surface area (Å²) >= 11 is 0. The highest BCUT2D eigenvalue weighted by molar-refractivity contribution is 5.96. The molecule has 0 spiro atoms. The minimum Gasteiger partial charge on any atom is -0.384 e. The summed E-state index contributed by atoms with van der Waals surface area (Å²) in [6, 6.07) is 7.27. The molecule has 2 atom stereocenters. The number of amides is 1. The highest BCUT2D eigenvalue weighted by Crippen LogP contribution is 2.28. The van der Waals surface area contributed by atoms with Gasteiger partial charge in [0.2, 0.25) is 0 Å². The van der Waals surface area contributed by atoms with E-state index in [-0.39, 0.29) is 12.5 Å². The monoisotopic (exact) mass is 285 g/mol. The van der Waals surface area contributed by atoms with Gasteiger partial charge in [0.25, 0.3) is 5.91 Å². The van der Waals surface area contributed by atoms with Gasteiger partial charge in [-0.15, -0.1) is 0 Å². The first-order valence-electron chi connectivity index (χ1n) is 7.69. The SMILES string of the molecule is CC1CCCCC1CNC(=O)c1ccccc1C#CCO. The fourth-order valence-corrected chi connectivity index (χ4v) is 2.94. The number of nitrogens with one attached hydrogen (secondary N) is 1. The maximum absolute atomic E-state index is 12.3. The Labute approximate surface area is 126 Å². The van der Waals surface area contributed by atoms with Gasteiger partial charge in [0.05, 0.1) is 5.56 Å². The average molecular weight is 285 g/mol. The number of aliphatic hydroxyl groups excluding tert-OH is 1. The van der Waals surface area contributed by atoms with Crippen LogP contribution in [0.2, 0.25) is 0 Å². The molecule has 0 radical (unpaired) electrons. The van der Waals surface area contributed by atoms with E-state index in [9.17, 15) is 4.79 Å². The molecule has 1 saturated carbocycles. The molecule has 2 unspecified atom stereocenters. The smallest absolute Gasteiger partial charge is 0.252 e. The molecule has 1 aliphatic rings. The van der Waals surface area contributed by atoms with Crippen LogP contribution in [0.5, 0.6) is 0 Å². The second-order valence-electron chi connectivity index (χ2n) is 5.74. The highest BCUT2D eigenvalue weighted by atomic mass is 16.2. The number of rotatable bonds is 3. The fourth-order valence-electron chi connectivity index (χ4n) is 2.94. The Morgan fingerprint density at radius 2 is 2.10 bits per heavy atom. The van der Waals surface area contributed by atoms with Crippen molar-refractivity contribution in [1.82, 2.24) is 5.32 Å². The third-order valence-corrected chi connectivity index (χ3v) is 4.29. The first-order chi connectivity index (χ1) is 10.2. The number of hydrogen-bond donors (Lipinski definition) is 2. The van der Waals surface area contributed by atoms with E-state index in [1.54, 1.807) is 12.1 Å². The van der Waals surface area contributed by atoms with Crippen molar-refractivity contribution in [3.05, 3.63) is 35.4 Å².